The Hall–Kier alpha value is -1.61. The van der Waals surface area contributed by atoms with E-state index in [4.69, 9.17) is 5.73 Å². The summed E-state index contributed by atoms with van der Waals surface area (Å²) in [6.45, 7) is 3.46. The summed E-state index contributed by atoms with van der Waals surface area (Å²) in [5.74, 6) is -0.402. The minimum atomic E-state index is -3.34. The molecule has 1 aromatic rings. The van der Waals surface area contributed by atoms with Crippen molar-refractivity contribution < 1.29 is 13.2 Å². The molecule has 0 saturated carbocycles. The minimum absolute atomic E-state index is 0.128. The lowest BCUT2D eigenvalue weighted by molar-refractivity contribution is 0.0936. The number of nitrogen functional groups attached to an aromatic ring is 1. The first-order chi connectivity index (χ1) is 8.52. The molecule has 0 fully saturated rings. The highest BCUT2D eigenvalue weighted by Crippen LogP contribution is 2.09. The average molecular weight is 289 g/mol. The Morgan fingerprint density at radius 1 is 1.53 bits per heavy atom. The Bertz CT molecular complexity index is 556. The van der Waals surface area contributed by atoms with Crippen LogP contribution in [0.1, 0.15) is 24.3 Å². The number of nitrogens with one attached hydrogen (secondary N) is 2. The quantitative estimate of drug-likeness (QED) is 0.646. The Morgan fingerprint density at radius 2 is 2.11 bits per heavy atom. The van der Waals surface area contributed by atoms with Gasteiger partial charge in [-0.25, -0.2) is 13.1 Å². The van der Waals surface area contributed by atoms with E-state index in [0.717, 1.165) is 6.26 Å². The summed E-state index contributed by atoms with van der Waals surface area (Å²) in [5, 5.41) is 6.48. The molecule has 1 amide bonds. The summed E-state index contributed by atoms with van der Waals surface area (Å²) in [7, 11) is -1.74. The normalized spacial score (nSPS) is 12.4. The first-order valence-corrected chi connectivity index (χ1v) is 7.45. The fraction of sp³-hybridized carbons (Fsp3) is 0.600. The molecule has 4 N–H and O–H groups in total. The van der Waals surface area contributed by atoms with Gasteiger partial charge in [-0.05, 0) is 13.8 Å². The van der Waals surface area contributed by atoms with Gasteiger partial charge in [0, 0.05) is 19.1 Å². The highest BCUT2D eigenvalue weighted by Gasteiger charge is 2.24. The first kappa shape index (κ1) is 15.4. The van der Waals surface area contributed by atoms with E-state index in [0.29, 0.717) is 0 Å². The third-order valence-electron chi connectivity index (χ3n) is 2.33. The molecule has 0 atom stereocenters. The Labute approximate surface area is 112 Å². The van der Waals surface area contributed by atoms with E-state index >= 15 is 0 Å². The van der Waals surface area contributed by atoms with E-state index in [2.05, 4.69) is 15.1 Å². The summed E-state index contributed by atoms with van der Waals surface area (Å²) in [4.78, 5) is 11.9. The van der Waals surface area contributed by atoms with Crippen LogP contribution >= 0.6 is 0 Å². The lowest BCUT2D eigenvalue weighted by Crippen LogP contribution is -2.51. The number of rotatable bonds is 5. The van der Waals surface area contributed by atoms with Crippen LogP contribution in [-0.4, -0.2) is 42.4 Å². The number of hydrogen-bond acceptors (Lipinski definition) is 5. The number of amides is 1. The van der Waals surface area contributed by atoms with Crippen molar-refractivity contribution in [2.45, 2.75) is 19.4 Å². The van der Waals surface area contributed by atoms with Crippen LogP contribution in [0.4, 0.5) is 5.69 Å². The molecule has 0 saturated heterocycles. The fourth-order valence-electron chi connectivity index (χ4n) is 1.66. The average Bonchev–Trinajstić information content (AvgIpc) is 2.52. The zero-order valence-corrected chi connectivity index (χ0v) is 12.2. The zero-order valence-electron chi connectivity index (χ0n) is 11.4. The van der Waals surface area contributed by atoms with Crippen LogP contribution in [0.2, 0.25) is 0 Å². The summed E-state index contributed by atoms with van der Waals surface area (Å²) in [6, 6.07) is 0. The standard InChI is InChI=1S/C10H19N5O3S/c1-10(2,14-19(4,17)18)6-12-9(16)8-7(11)5-13-15(8)3/h5,14H,6,11H2,1-4H3,(H,12,16). The molecule has 0 aliphatic heterocycles. The van der Waals surface area contributed by atoms with Crippen molar-refractivity contribution in [2.24, 2.45) is 7.05 Å². The molecule has 0 radical (unpaired) electrons. The molecule has 108 valence electrons. The number of carbonyl (C=O) groups excluding carboxylic acids is 1. The third kappa shape index (κ3) is 4.52. The number of aromatic nitrogens is 2. The minimum Gasteiger partial charge on any atom is -0.396 e. The molecule has 0 bridgehead atoms. The second kappa shape index (κ2) is 5.17. The largest absolute Gasteiger partial charge is 0.396 e. The summed E-state index contributed by atoms with van der Waals surface area (Å²) < 4.78 is 26.1. The van der Waals surface area contributed by atoms with Crippen LogP contribution in [0.15, 0.2) is 6.20 Å². The van der Waals surface area contributed by atoms with E-state index in [1.807, 2.05) is 0 Å². The molecule has 8 nitrogen and oxygen atoms in total. The van der Waals surface area contributed by atoms with Gasteiger partial charge in [0.25, 0.3) is 5.91 Å². The van der Waals surface area contributed by atoms with Gasteiger partial charge in [-0.2, -0.15) is 5.10 Å². The van der Waals surface area contributed by atoms with E-state index in [1.54, 1.807) is 20.9 Å². The predicted molar refractivity (Wildman–Crippen MR) is 72.0 cm³/mol. The van der Waals surface area contributed by atoms with Gasteiger partial charge in [0.15, 0.2) is 0 Å². The van der Waals surface area contributed by atoms with Gasteiger partial charge in [-0.15, -0.1) is 0 Å². The summed E-state index contributed by atoms with van der Waals surface area (Å²) in [5.41, 5.74) is 5.35. The van der Waals surface area contributed by atoms with Crippen LogP contribution < -0.4 is 15.8 Å². The lowest BCUT2D eigenvalue weighted by atomic mass is 10.1. The van der Waals surface area contributed by atoms with Gasteiger partial charge in [-0.3, -0.25) is 9.48 Å². The number of sulfonamides is 1. The highest BCUT2D eigenvalue weighted by molar-refractivity contribution is 7.88. The van der Waals surface area contributed by atoms with Gasteiger partial charge >= 0.3 is 0 Å². The predicted octanol–water partition coefficient (Wildman–Crippen LogP) is -0.940. The molecule has 1 heterocycles. The van der Waals surface area contributed by atoms with Crippen molar-refractivity contribution >= 4 is 21.6 Å². The number of aryl methyl sites for hydroxylation is 1. The molecule has 0 unspecified atom stereocenters. The molecular formula is C10H19N5O3S. The van der Waals surface area contributed by atoms with E-state index in [1.165, 1.54) is 10.9 Å². The monoisotopic (exact) mass is 289 g/mol. The maximum absolute atomic E-state index is 11.9. The van der Waals surface area contributed by atoms with Crippen molar-refractivity contribution in [2.75, 3.05) is 18.5 Å². The Kier molecular flexibility index (Phi) is 4.21. The lowest BCUT2D eigenvalue weighted by Gasteiger charge is -2.25. The topological polar surface area (TPSA) is 119 Å². The van der Waals surface area contributed by atoms with Crippen molar-refractivity contribution in [3.63, 3.8) is 0 Å². The summed E-state index contributed by atoms with van der Waals surface area (Å²) >= 11 is 0. The Morgan fingerprint density at radius 3 is 2.53 bits per heavy atom. The highest BCUT2D eigenvalue weighted by atomic mass is 32.2. The molecule has 19 heavy (non-hydrogen) atoms. The van der Waals surface area contributed by atoms with E-state index in [-0.39, 0.29) is 17.9 Å². The second-order valence-electron chi connectivity index (χ2n) is 5.01. The molecular weight excluding hydrogens is 270 g/mol. The van der Waals surface area contributed by atoms with Crippen molar-refractivity contribution in [3.8, 4) is 0 Å². The first-order valence-electron chi connectivity index (χ1n) is 5.56. The van der Waals surface area contributed by atoms with Crippen LogP contribution in [0, 0.1) is 0 Å². The fourth-order valence-corrected chi connectivity index (χ4v) is 2.73. The van der Waals surface area contributed by atoms with Crippen molar-refractivity contribution in [1.29, 1.82) is 0 Å². The van der Waals surface area contributed by atoms with Gasteiger partial charge in [-0.1, -0.05) is 0 Å². The van der Waals surface area contributed by atoms with Crippen LogP contribution in [-0.2, 0) is 17.1 Å². The van der Waals surface area contributed by atoms with Gasteiger partial charge in [0.1, 0.15) is 5.69 Å². The van der Waals surface area contributed by atoms with Crippen LogP contribution in [0.25, 0.3) is 0 Å². The number of anilines is 1. The molecule has 1 rings (SSSR count). The molecule has 0 aliphatic rings. The van der Waals surface area contributed by atoms with Crippen molar-refractivity contribution in [3.05, 3.63) is 11.9 Å². The third-order valence-corrected chi connectivity index (χ3v) is 3.26. The molecule has 0 aliphatic carbocycles. The SMILES string of the molecule is Cn1ncc(N)c1C(=O)NCC(C)(C)NS(C)(=O)=O. The smallest absolute Gasteiger partial charge is 0.271 e. The number of carbonyl (C=O) groups is 1. The zero-order chi connectivity index (χ0) is 14.8. The summed E-state index contributed by atoms with van der Waals surface area (Å²) in [6.07, 6.45) is 2.45. The van der Waals surface area contributed by atoms with Gasteiger partial charge in [0.2, 0.25) is 10.0 Å². The van der Waals surface area contributed by atoms with E-state index < -0.39 is 21.5 Å². The molecule has 0 aromatic carbocycles. The van der Waals surface area contributed by atoms with Gasteiger partial charge in [0.05, 0.1) is 18.1 Å². The number of nitrogens with zero attached hydrogens (tertiary/aromatic N) is 2. The Balaban J connectivity index is 2.70. The maximum atomic E-state index is 11.9. The molecule has 0 spiro atoms. The number of nitrogens with two attached hydrogens (primary N) is 1. The van der Waals surface area contributed by atoms with Gasteiger partial charge < -0.3 is 11.1 Å². The second-order valence-corrected chi connectivity index (χ2v) is 6.76. The number of hydrogen-bond donors (Lipinski definition) is 3. The van der Waals surface area contributed by atoms with E-state index in [9.17, 15) is 13.2 Å². The molecule has 9 heteroatoms. The van der Waals surface area contributed by atoms with Crippen LogP contribution in [0.3, 0.4) is 0 Å². The van der Waals surface area contributed by atoms with Crippen molar-refractivity contribution in [1.82, 2.24) is 19.8 Å². The van der Waals surface area contributed by atoms with Crippen LogP contribution in [0.5, 0.6) is 0 Å². The maximum Gasteiger partial charge on any atom is 0.271 e. The molecule has 1 aromatic heterocycles.